The molecule has 0 aliphatic heterocycles. The Balaban J connectivity index is 1.54. The highest BCUT2D eigenvalue weighted by molar-refractivity contribution is 5.61. The number of hydrogen-bond acceptors (Lipinski definition) is 6. The van der Waals surface area contributed by atoms with Crippen LogP contribution in [0.4, 0.5) is 5.69 Å². The molecule has 1 N–H and O–H groups in total. The maximum atomic E-state index is 9.36. The van der Waals surface area contributed by atoms with Gasteiger partial charge in [0.15, 0.2) is 0 Å². The summed E-state index contributed by atoms with van der Waals surface area (Å²) in [6.07, 6.45) is 0. The average Bonchev–Trinajstić information content (AvgIpc) is 3.21. The van der Waals surface area contributed by atoms with E-state index in [4.69, 9.17) is 14.8 Å². The Morgan fingerprint density at radius 1 is 0.929 bits per heavy atom. The monoisotopic (exact) mass is 371 g/mol. The van der Waals surface area contributed by atoms with Crippen LogP contribution < -0.4 is 4.74 Å². The van der Waals surface area contributed by atoms with E-state index in [9.17, 15) is 5.11 Å². The SMILES string of the molecule is [N-]=[N+]=Nc1ccccc1Oc1ccc(-c2noc(-c3ccc(O)cc3)n2)cc1. The highest BCUT2D eigenvalue weighted by Gasteiger charge is 2.11. The lowest BCUT2D eigenvalue weighted by Crippen LogP contribution is -1.86. The molecular weight excluding hydrogens is 358 g/mol. The third-order valence-electron chi connectivity index (χ3n) is 3.90. The van der Waals surface area contributed by atoms with Crippen molar-refractivity contribution in [2.75, 3.05) is 0 Å². The summed E-state index contributed by atoms with van der Waals surface area (Å²) in [4.78, 5) is 7.18. The Labute approximate surface area is 159 Å². The smallest absolute Gasteiger partial charge is 0.258 e. The predicted octanol–water partition coefficient (Wildman–Crippen LogP) is 5.84. The Morgan fingerprint density at radius 2 is 1.64 bits per heavy atom. The molecule has 0 saturated carbocycles. The van der Waals surface area contributed by atoms with Crippen LogP contribution >= 0.6 is 0 Å². The van der Waals surface area contributed by atoms with Gasteiger partial charge in [-0.05, 0) is 66.2 Å². The average molecular weight is 371 g/mol. The van der Waals surface area contributed by atoms with Gasteiger partial charge in [0, 0.05) is 16.0 Å². The Morgan fingerprint density at radius 3 is 2.39 bits per heavy atom. The zero-order valence-corrected chi connectivity index (χ0v) is 14.4. The molecule has 1 aromatic heterocycles. The first-order chi connectivity index (χ1) is 13.7. The maximum Gasteiger partial charge on any atom is 0.258 e. The Kier molecular flexibility index (Phi) is 4.61. The van der Waals surface area contributed by atoms with Gasteiger partial charge in [-0.1, -0.05) is 22.4 Å². The van der Waals surface area contributed by atoms with Crippen molar-refractivity contribution in [1.82, 2.24) is 10.1 Å². The van der Waals surface area contributed by atoms with E-state index in [0.717, 1.165) is 5.56 Å². The molecule has 3 aromatic carbocycles. The number of rotatable bonds is 5. The molecule has 0 amide bonds. The molecular formula is C20H13N5O3. The number of para-hydroxylation sites is 1. The van der Waals surface area contributed by atoms with Crippen molar-refractivity contribution in [2.45, 2.75) is 0 Å². The van der Waals surface area contributed by atoms with Crippen molar-refractivity contribution >= 4 is 5.69 Å². The first-order valence-electron chi connectivity index (χ1n) is 8.28. The molecule has 0 saturated heterocycles. The minimum atomic E-state index is 0.168. The number of ether oxygens (including phenoxy) is 1. The van der Waals surface area contributed by atoms with Crippen LogP contribution in [0.3, 0.4) is 0 Å². The lowest BCUT2D eigenvalue weighted by molar-refractivity contribution is 0.432. The fourth-order valence-corrected chi connectivity index (χ4v) is 2.54. The summed E-state index contributed by atoms with van der Waals surface area (Å²) in [6.45, 7) is 0. The lowest BCUT2D eigenvalue weighted by Gasteiger charge is -2.08. The summed E-state index contributed by atoms with van der Waals surface area (Å²) in [5.74, 6) is 2.00. The highest BCUT2D eigenvalue weighted by Crippen LogP contribution is 2.32. The molecule has 1 heterocycles. The second kappa shape index (κ2) is 7.53. The van der Waals surface area contributed by atoms with Crippen molar-refractivity contribution in [3.63, 3.8) is 0 Å². The number of nitrogens with zero attached hydrogens (tertiary/aromatic N) is 5. The van der Waals surface area contributed by atoms with Crippen LogP contribution in [-0.4, -0.2) is 15.2 Å². The first kappa shape index (κ1) is 17.1. The summed E-state index contributed by atoms with van der Waals surface area (Å²) in [7, 11) is 0. The van der Waals surface area contributed by atoms with Gasteiger partial charge in [0.05, 0.1) is 5.69 Å². The zero-order valence-electron chi connectivity index (χ0n) is 14.4. The molecule has 0 bridgehead atoms. The van der Waals surface area contributed by atoms with E-state index in [-0.39, 0.29) is 5.75 Å². The molecule has 0 radical (unpaired) electrons. The molecule has 0 atom stereocenters. The van der Waals surface area contributed by atoms with E-state index in [1.54, 1.807) is 72.8 Å². The van der Waals surface area contributed by atoms with Gasteiger partial charge in [-0.3, -0.25) is 0 Å². The third kappa shape index (κ3) is 3.62. The van der Waals surface area contributed by atoms with E-state index in [0.29, 0.717) is 34.5 Å². The number of phenolic OH excluding ortho intramolecular Hbond substituents is 1. The van der Waals surface area contributed by atoms with Crippen molar-refractivity contribution in [3.05, 3.63) is 83.2 Å². The minimum absolute atomic E-state index is 0.168. The van der Waals surface area contributed by atoms with Crippen molar-refractivity contribution in [1.29, 1.82) is 0 Å². The number of benzene rings is 3. The standard InChI is InChI=1S/C20H13N5O3/c21-25-23-17-3-1-2-4-18(17)27-16-11-7-13(8-12-16)19-22-20(28-24-19)14-5-9-15(26)10-6-14/h1-12,26H. The molecule has 8 heteroatoms. The number of azide groups is 1. The van der Waals surface area contributed by atoms with E-state index in [2.05, 4.69) is 20.2 Å². The Bertz CT molecular complexity index is 1150. The Hall–Kier alpha value is -4.29. The molecule has 0 fully saturated rings. The normalized spacial score (nSPS) is 10.3. The van der Waals surface area contributed by atoms with Gasteiger partial charge in [0.1, 0.15) is 17.2 Å². The maximum absolute atomic E-state index is 9.36. The molecule has 4 aromatic rings. The largest absolute Gasteiger partial charge is 0.508 e. The van der Waals surface area contributed by atoms with E-state index in [1.165, 1.54) is 0 Å². The van der Waals surface area contributed by atoms with Gasteiger partial charge in [0.2, 0.25) is 5.82 Å². The summed E-state index contributed by atoms with van der Waals surface area (Å²) < 4.78 is 11.1. The van der Waals surface area contributed by atoms with Crippen molar-refractivity contribution in [3.8, 4) is 40.1 Å². The van der Waals surface area contributed by atoms with Gasteiger partial charge in [-0.25, -0.2) is 0 Å². The van der Waals surface area contributed by atoms with Gasteiger partial charge in [0.25, 0.3) is 5.89 Å². The zero-order chi connectivity index (χ0) is 19.3. The number of aromatic nitrogens is 2. The van der Waals surface area contributed by atoms with E-state index >= 15 is 0 Å². The van der Waals surface area contributed by atoms with Crippen LogP contribution in [-0.2, 0) is 0 Å². The fourth-order valence-electron chi connectivity index (χ4n) is 2.54. The molecule has 0 aliphatic rings. The summed E-state index contributed by atoms with van der Waals surface area (Å²) in [5.41, 5.74) is 10.5. The van der Waals surface area contributed by atoms with Crippen LogP contribution in [0.15, 0.2) is 82.4 Å². The summed E-state index contributed by atoms with van der Waals surface area (Å²) >= 11 is 0. The highest BCUT2D eigenvalue weighted by atomic mass is 16.5. The van der Waals surface area contributed by atoms with Crippen LogP contribution in [0, 0.1) is 0 Å². The van der Waals surface area contributed by atoms with Crippen molar-refractivity contribution < 1.29 is 14.4 Å². The third-order valence-corrected chi connectivity index (χ3v) is 3.90. The first-order valence-corrected chi connectivity index (χ1v) is 8.28. The topological polar surface area (TPSA) is 117 Å². The summed E-state index contributed by atoms with van der Waals surface area (Å²) in [5, 5.41) is 17.0. The molecule has 8 nitrogen and oxygen atoms in total. The predicted molar refractivity (Wildman–Crippen MR) is 102 cm³/mol. The number of phenols is 1. The van der Waals surface area contributed by atoms with Gasteiger partial charge in [-0.2, -0.15) is 4.98 Å². The van der Waals surface area contributed by atoms with Crippen LogP contribution in [0.1, 0.15) is 0 Å². The van der Waals surface area contributed by atoms with Gasteiger partial charge >= 0.3 is 0 Å². The van der Waals surface area contributed by atoms with Gasteiger partial charge < -0.3 is 14.4 Å². The van der Waals surface area contributed by atoms with Crippen LogP contribution in [0.25, 0.3) is 33.3 Å². The molecule has 0 unspecified atom stereocenters. The fraction of sp³-hybridized carbons (Fsp3) is 0. The van der Waals surface area contributed by atoms with Crippen molar-refractivity contribution in [2.24, 2.45) is 5.11 Å². The van der Waals surface area contributed by atoms with Crippen LogP contribution in [0.5, 0.6) is 17.2 Å². The van der Waals surface area contributed by atoms with Gasteiger partial charge in [-0.15, -0.1) is 0 Å². The summed E-state index contributed by atoms with van der Waals surface area (Å²) in [6, 6.07) is 20.6. The van der Waals surface area contributed by atoms with Crippen LogP contribution in [0.2, 0.25) is 0 Å². The van der Waals surface area contributed by atoms with E-state index in [1.807, 2.05) is 0 Å². The molecule has 4 rings (SSSR count). The number of hydrogen-bond donors (Lipinski definition) is 1. The molecule has 28 heavy (non-hydrogen) atoms. The lowest BCUT2D eigenvalue weighted by atomic mass is 10.2. The second-order valence-corrected chi connectivity index (χ2v) is 5.75. The number of aromatic hydroxyl groups is 1. The molecule has 136 valence electrons. The quantitative estimate of drug-likeness (QED) is 0.268. The molecule has 0 spiro atoms. The minimum Gasteiger partial charge on any atom is -0.508 e. The second-order valence-electron chi connectivity index (χ2n) is 5.75. The molecule has 0 aliphatic carbocycles. The van der Waals surface area contributed by atoms with E-state index < -0.39 is 0 Å².